The van der Waals surface area contributed by atoms with Crippen LogP contribution in [0.5, 0.6) is 5.75 Å². The van der Waals surface area contributed by atoms with Crippen LogP contribution < -0.4 is 15.4 Å². The number of rotatable bonds is 5. The van der Waals surface area contributed by atoms with Gasteiger partial charge in [-0.1, -0.05) is 22.0 Å². The largest absolute Gasteiger partial charge is 0.496 e. The fourth-order valence-electron chi connectivity index (χ4n) is 2.25. The summed E-state index contributed by atoms with van der Waals surface area (Å²) < 4.78 is 5.99. The molecule has 2 aromatic carbocycles. The van der Waals surface area contributed by atoms with E-state index in [9.17, 15) is 9.59 Å². The average Bonchev–Trinajstić information content (AvgIpc) is 3.15. The van der Waals surface area contributed by atoms with Crippen molar-refractivity contribution < 1.29 is 14.3 Å². The molecule has 3 rings (SSSR count). The van der Waals surface area contributed by atoms with Gasteiger partial charge in [0.25, 0.3) is 11.8 Å². The van der Waals surface area contributed by atoms with E-state index in [1.54, 1.807) is 54.0 Å². The molecule has 0 atom stereocenters. The zero-order valence-corrected chi connectivity index (χ0v) is 16.1. The Hall–Kier alpha value is -2.71. The number of benzene rings is 2. The number of aromatic nitrogens is 1. The lowest BCUT2D eigenvalue weighted by atomic mass is 10.1. The highest BCUT2D eigenvalue weighted by atomic mass is 79.9. The molecule has 26 heavy (non-hydrogen) atoms. The van der Waals surface area contributed by atoms with Gasteiger partial charge in [0.2, 0.25) is 0 Å². The Balaban J connectivity index is 1.77. The molecule has 0 bridgehead atoms. The highest BCUT2D eigenvalue weighted by molar-refractivity contribution is 9.10. The van der Waals surface area contributed by atoms with Crippen LogP contribution >= 0.6 is 27.3 Å². The van der Waals surface area contributed by atoms with Crippen molar-refractivity contribution in [3.63, 3.8) is 0 Å². The summed E-state index contributed by atoms with van der Waals surface area (Å²) >= 11 is 4.68. The quantitative estimate of drug-likeness (QED) is 0.626. The molecule has 0 radical (unpaired) electrons. The third-order valence-corrected chi connectivity index (χ3v) is 4.62. The lowest BCUT2D eigenvalue weighted by Crippen LogP contribution is -2.15. The first-order valence-electron chi connectivity index (χ1n) is 7.52. The molecule has 0 unspecified atom stereocenters. The second kappa shape index (κ2) is 8.11. The summed E-state index contributed by atoms with van der Waals surface area (Å²) in [5.74, 6) is -0.167. The van der Waals surface area contributed by atoms with Crippen LogP contribution in [0.4, 0.5) is 10.8 Å². The number of nitrogens with zero attached hydrogens (tertiary/aromatic N) is 1. The smallest absolute Gasteiger partial charge is 0.259 e. The molecule has 3 aromatic rings. The second-order valence-corrected chi connectivity index (χ2v) is 6.98. The molecule has 6 nitrogen and oxygen atoms in total. The minimum absolute atomic E-state index is 0.295. The summed E-state index contributed by atoms with van der Waals surface area (Å²) in [5, 5.41) is 7.78. The number of anilines is 2. The molecular weight excluding hydrogens is 418 g/mol. The second-order valence-electron chi connectivity index (χ2n) is 5.17. The molecule has 1 aromatic heterocycles. The van der Waals surface area contributed by atoms with Crippen molar-refractivity contribution in [2.24, 2.45) is 0 Å². The summed E-state index contributed by atoms with van der Waals surface area (Å²) in [6, 6.07) is 11.8. The van der Waals surface area contributed by atoms with Crippen LogP contribution in [0.15, 0.2) is 58.5 Å². The summed E-state index contributed by atoms with van der Waals surface area (Å²) in [5.41, 5.74) is 1.31. The minimum Gasteiger partial charge on any atom is -0.496 e. The van der Waals surface area contributed by atoms with E-state index in [-0.39, 0.29) is 11.8 Å². The van der Waals surface area contributed by atoms with Crippen LogP contribution in [0, 0.1) is 0 Å². The van der Waals surface area contributed by atoms with Crippen LogP contribution in [0.3, 0.4) is 0 Å². The molecule has 2 N–H and O–H groups in total. The standard InChI is InChI=1S/C18H14BrN3O3S/c1-25-15-6-5-12(19)10-14(15)17(24)21-13-4-2-3-11(9-13)16(23)22-18-20-7-8-26-18/h2-10H,1H3,(H,21,24)(H,20,22,23). The number of thiazole rings is 1. The molecule has 132 valence electrons. The Bertz CT molecular complexity index is 945. The molecule has 0 aliphatic heterocycles. The Morgan fingerprint density at radius 2 is 1.96 bits per heavy atom. The number of amides is 2. The Labute approximate surface area is 162 Å². The van der Waals surface area contributed by atoms with Crippen molar-refractivity contribution in [3.8, 4) is 5.75 Å². The predicted octanol–water partition coefficient (Wildman–Crippen LogP) is 4.42. The van der Waals surface area contributed by atoms with Crippen LogP contribution in [-0.4, -0.2) is 23.9 Å². The maximum atomic E-state index is 12.6. The van der Waals surface area contributed by atoms with E-state index < -0.39 is 0 Å². The van der Waals surface area contributed by atoms with Gasteiger partial charge in [-0.2, -0.15) is 0 Å². The third-order valence-electron chi connectivity index (χ3n) is 3.44. The van der Waals surface area contributed by atoms with E-state index in [1.165, 1.54) is 18.4 Å². The number of nitrogens with one attached hydrogen (secondary N) is 2. The van der Waals surface area contributed by atoms with Crippen molar-refractivity contribution in [2.45, 2.75) is 0 Å². The SMILES string of the molecule is COc1ccc(Br)cc1C(=O)Nc1cccc(C(=O)Nc2nccs2)c1. The summed E-state index contributed by atoms with van der Waals surface area (Å²) in [6.45, 7) is 0. The van der Waals surface area contributed by atoms with Gasteiger partial charge in [-0.15, -0.1) is 11.3 Å². The number of hydrogen-bond donors (Lipinski definition) is 2. The van der Waals surface area contributed by atoms with Gasteiger partial charge < -0.3 is 10.1 Å². The predicted molar refractivity (Wildman–Crippen MR) is 105 cm³/mol. The van der Waals surface area contributed by atoms with Gasteiger partial charge in [0.15, 0.2) is 5.13 Å². The van der Waals surface area contributed by atoms with Crippen LogP contribution in [-0.2, 0) is 0 Å². The van der Waals surface area contributed by atoms with Crippen LogP contribution in [0.1, 0.15) is 20.7 Å². The molecule has 8 heteroatoms. The van der Waals surface area contributed by atoms with Crippen molar-refractivity contribution in [3.05, 3.63) is 69.6 Å². The van der Waals surface area contributed by atoms with Crippen molar-refractivity contribution in [1.29, 1.82) is 0 Å². The third kappa shape index (κ3) is 4.27. The summed E-state index contributed by atoms with van der Waals surface area (Å²) in [6.07, 6.45) is 1.61. The molecule has 0 spiro atoms. The van der Waals surface area contributed by atoms with E-state index in [0.29, 0.717) is 27.7 Å². The Kier molecular flexibility index (Phi) is 5.65. The van der Waals surface area contributed by atoms with Crippen molar-refractivity contribution in [1.82, 2.24) is 4.98 Å². The topological polar surface area (TPSA) is 80.3 Å². The van der Waals surface area contributed by atoms with E-state index in [4.69, 9.17) is 4.74 Å². The van der Waals surface area contributed by atoms with Gasteiger partial charge in [0, 0.05) is 27.3 Å². The molecule has 0 fully saturated rings. The van der Waals surface area contributed by atoms with Gasteiger partial charge >= 0.3 is 0 Å². The number of carbonyl (C=O) groups is 2. The van der Waals surface area contributed by atoms with E-state index in [0.717, 1.165) is 4.47 Å². The number of ether oxygens (including phenoxy) is 1. The molecule has 1 heterocycles. The Morgan fingerprint density at radius 3 is 2.69 bits per heavy atom. The first-order chi connectivity index (χ1) is 12.6. The maximum Gasteiger partial charge on any atom is 0.259 e. The first kappa shape index (κ1) is 18.1. The zero-order valence-electron chi connectivity index (χ0n) is 13.7. The fraction of sp³-hybridized carbons (Fsp3) is 0.0556. The number of methoxy groups -OCH3 is 1. The lowest BCUT2D eigenvalue weighted by Gasteiger charge is -2.10. The van der Waals surface area contributed by atoms with Crippen molar-refractivity contribution >= 4 is 49.9 Å². The molecule has 0 saturated carbocycles. The van der Waals surface area contributed by atoms with Crippen molar-refractivity contribution in [2.75, 3.05) is 17.7 Å². The first-order valence-corrected chi connectivity index (χ1v) is 9.20. The van der Waals surface area contributed by atoms with E-state index >= 15 is 0 Å². The highest BCUT2D eigenvalue weighted by Gasteiger charge is 2.14. The highest BCUT2D eigenvalue weighted by Crippen LogP contribution is 2.24. The lowest BCUT2D eigenvalue weighted by molar-refractivity contribution is 0.101. The summed E-state index contributed by atoms with van der Waals surface area (Å²) in [7, 11) is 1.50. The molecule has 0 aliphatic carbocycles. The van der Waals surface area contributed by atoms with Gasteiger partial charge in [-0.05, 0) is 36.4 Å². The van der Waals surface area contributed by atoms with Gasteiger partial charge in [0.05, 0.1) is 12.7 Å². The van der Waals surface area contributed by atoms with Crippen LogP contribution in [0.25, 0.3) is 0 Å². The van der Waals surface area contributed by atoms with Gasteiger partial charge in [0.1, 0.15) is 5.75 Å². The summed E-state index contributed by atoms with van der Waals surface area (Å²) in [4.78, 5) is 28.9. The van der Waals surface area contributed by atoms with Gasteiger partial charge in [-0.3, -0.25) is 14.9 Å². The minimum atomic E-state index is -0.333. The van der Waals surface area contributed by atoms with E-state index in [1.807, 2.05) is 0 Å². The molecular formula is C18H14BrN3O3S. The molecule has 0 aliphatic rings. The fourth-order valence-corrected chi connectivity index (χ4v) is 3.13. The zero-order chi connectivity index (χ0) is 18.5. The molecule has 2 amide bonds. The average molecular weight is 432 g/mol. The molecule has 0 saturated heterocycles. The monoisotopic (exact) mass is 431 g/mol. The van der Waals surface area contributed by atoms with Crippen LogP contribution in [0.2, 0.25) is 0 Å². The number of halogens is 1. The Morgan fingerprint density at radius 1 is 1.12 bits per heavy atom. The maximum absolute atomic E-state index is 12.6. The number of hydrogen-bond acceptors (Lipinski definition) is 5. The number of carbonyl (C=O) groups excluding carboxylic acids is 2. The van der Waals surface area contributed by atoms with Gasteiger partial charge in [-0.25, -0.2) is 4.98 Å². The normalized spacial score (nSPS) is 10.2. The van der Waals surface area contributed by atoms with E-state index in [2.05, 4.69) is 31.5 Å².